The molecule has 17 heavy (non-hydrogen) atoms. The molecule has 0 amide bonds. The Hall–Kier alpha value is -1.60. The second kappa shape index (κ2) is 5.15. The summed E-state index contributed by atoms with van der Waals surface area (Å²) in [6, 6.07) is 5.13. The number of carbonyl (C=O) groups is 1. The SMILES string of the molecule is C#CCS(=O)(=O)CC(=O)c1ccc(C)c(C)c1. The van der Waals surface area contributed by atoms with E-state index in [1.807, 2.05) is 19.8 Å². The van der Waals surface area contributed by atoms with Crippen molar-refractivity contribution in [2.75, 3.05) is 11.5 Å². The van der Waals surface area contributed by atoms with Crippen molar-refractivity contribution in [2.24, 2.45) is 0 Å². The van der Waals surface area contributed by atoms with E-state index in [9.17, 15) is 13.2 Å². The minimum absolute atomic E-state index is 0.399. The van der Waals surface area contributed by atoms with E-state index in [1.165, 1.54) is 0 Å². The predicted molar refractivity (Wildman–Crippen MR) is 67.7 cm³/mol. The molecule has 0 saturated heterocycles. The first-order chi connectivity index (χ1) is 7.85. The standard InChI is InChI=1S/C13H14O3S/c1-4-7-17(15,16)9-13(14)12-6-5-10(2)11(3)8-12/h1,5-6,8H,7,9H2,2-3H3. The molecule has 0 radical (unpaired) electrons. The van der Waals surface area contributed by atoms with Gasteiger partial charge in [0.25, 0.3) is 0 Å². The molecular formula is C13H14O3S. The molecule has 0 aliphatic heterocycles. The van der Waals surface area contributed by atoms with E-state index in [0.717, 1.165) is 11.1 Å². The van der Waals surface area contributed by atoms with Gasteiger partial charge in [0, 0.05) is 5.56 Å². The summed E-state index contributed by atoms with van der Waals surface area (Å²) in [5, 5.41) is 0. The number of aryl methyl sites for hydroxylation is 2. The number of ketones is 1. The van der Waals surface area contributed by atoms with Crippen molar-refractivity contribution < 1.29 is 13.2 Å². The third-order valence-electron chi connectivity index (χ3n) is 2.48. The van der Waals surface area contributed by atoms with Gasteiger partial charge in [-0.05, 0) is 31.0 Å². The molecule has 0 heterocycles. The fourth-order valence-electron chi connectivity index (χ4n) is 1.38. The van der Waals surface area contributed by atoms with Gasteiger partial charge in [-0.2, -0.15) is 0 Å². The molecule has 4 heteroatoms. The molecule has 90 valence electrons. The highest BCUT2D eigenvalue weighted by Gasteiger charge is 2.17. The van der Waals surface area contributed by atoms with Gasteiger partial charge >= 0.3 is 0 Å². The zero-order chi connectivity index (χ0) is 13.1. The Bertz CT molecular complexity index is 577. The van der Waals surface area contributed by atoms with Crippen molar-refractivity contribution >= 4 is 15.6 Å². The maximum Gasteiger partial charge on any atom is 0.177 e. The number of rotatable bonds is 4. The maximum absolute atomic E-state index is 11.8. The molecule has 0 spiro atoms. The van der Waals surface area contributed by atoms with Crippen molar-refractivity contribution in [1.29, 1.82) is 0 Å². The van der Waals surface area contributed by atoms with Crippen LogP contribution >= 0.6 is 0 Å². The first-order valence-electron chi connectivity index (χ1n) is 5.10. The monoisotopic (exact) mass is 250 g/mol. The van der Waals surface area contributed by atoms with Crippen LogP contribution in [0, 0.1) is 26.2 Å². The van der Waals surface area contributed by atoms with E-state index in [4.69, 9.17) is 6.42 Å². The van der Waals surface area contributed by atoms with Crippen LogP contribution < -0.4 is 0 Å². The van der Waals surface area contributed by atoms with Crippen LogP contribution in [0.4, 0.5) is 0 Å². The first-order valence-corrected chi connectivity index (χ1v) is 6.92. The summed E-state index contributed by atoms with van der Waals surface area (Å²) >= 11 is 0. The van der Waals surface area contributed by atoms with Crippen LogP contribution in [0.25, 0.3) is 0 Å². The molecule has 3 nitrogen and oxygen atoms in total. The minimum atomic E-state index is -3.49. The minimum Gasteiger partial charge on any atom is -0.293 e. The topological polar surface area (TPSA) is 51.2 Å². The first kappa shape index (κ1) is 13.5. The van der Waals surface area contributed by atoms with Crippen LogP contribution in [0.1, 0.15) is 21.5 Å². The van der Waals surface area contributed by atoms with Gasteiger partial charge in [0.15, 0.2) is 15.6 Å². The normalized spacial score (nSPS) is 10.9. The Balaban J connectivity index is 2.92. The highest BCUT2D eigenvalue weighted by molar-refractivity contribution is 7.92. The predicted octanol–water partition coefficient (Wildman–Crippen LogP) is 1.53. The summed E-state index contributed by atoms with van der Waals surface area (Å²) in [4.78, 5) is 11.8. The lowest BCUT2D eigenvalue weighted by molar-refractivity contribution is 0.102. The highest BCUT2D eigenvalue weighted by atomic mass is 32.2. The Morgan fingerprint density at radius 1 is 1.29 bits per heavy atom. The number of hydrogen-bond donors (Lipinski definition) is 0. The summed E-state index contributed by atoms with van der Waals surface area (Å²) in [5.74, 6) is 0.704. The lowest BCUT2D eigenvalue weighted by Crippen LogP contribution is -2.18. The summed E-state index contributed by atoms with van der Waals surface area (Å²) in [5.41, 5.74) is 2.44. The number of sulfone groups is 1. The smallest absolute Gasteiger partial charge is 0.177 e. The van der Waals surface area contributed by atoms with E-state index in [0.29, 0.717) is 5.56 Å². The maximum atomic E-state index is 11.8. The van der Waals surface area contributed by atoms with E-state index in [1.54, 1.807) is 18.2 Å². The average Bonchev–Trinajstić information content (AvgIpc) is 2.21. The fourth-order valence-corrected chi connectivity index (χ4v) is 2.30. The molecule has 0 fully saturated rings. The Morgan fingerprint density at radius 3 is 2.47 bits per heavy atom. The van der Waals surface area contributed by atoms with Gasteiger partial charge in [-0.25, -0.2) is 8.42 Å². The van der Waals surface area contributed by atoms with Crippen LogP contribution in [0.15, 0.2) is 18.2 Å². The number of Topliss-reactive ketones (excluding diaryl/α,β-unsaturated/α-hetero) is 1. The third kappa shape index (κ3) is 3.72. The molecule has 0 N–H and O–H groups in total. The molecule has 0 aromatic heterocycles. The van der Waals surface area contributed by atoms with E-state index < -0.39 is 27.1 Å². The molecular weight excluding hydrogens is 236 g/mol. The van der Waals surface area contributed by atoms with Crippen LogP contribution in [-0.2, 0) is 9.84 Å². The van der Waals surface area contributed by atoms with Gasteiger partial charge < -0.3 is 0 Å². The summed E-state index contributed by atoms with van der Waals surface area (Å²) in [7, 11) is -3.49. The van der Waals surface area contributed by atoms with Gasteiger partial charge in [-0.3, -0.25) is 4.79 Å². The summed E-state index contributed by atoms with van der Waals surface area (Å²) in [6.07, 6.45) is 4.93. The molecule has 1 aromatic rings. The molecule has 0 aliphatic carbocycles. The van der Waals surface area contributed by atoms with Crippen LogP contribution in [-0.4, -0.2) is 25.7 Å². The van der Waals surface area contributed by atoms with Crippen LogP contribution in [0.2, 0.25) is 0 Å². The van der Waals surface area contributed by atoms with Crippen LogP contribution in [0.3, 0.4) is 0 Å². The lowest BCUT2D eigenvalue weighted by Gasteiger charge is -2.04. The summed E-state index contributed by atoms with van der Waals surface area (Å²) < 4.78 is 22.8. The van der Waals surface area contributed by atoms with Gasteiger partial charge in [-0.15, -0.1) is 6.42 Å². The number of terminal acetylenes is 1. The molecule has 0 bridgehead atoms. The second-order valence-electron chi connectivity index (χ2n) is 3.96. The molecule has 0 aliphatic rings. The van der Waals surface area contributed by atoms with Crippen molar-refractivity contribution in [3.63, 3.8) is 0 Å². The average molecular weight is 250 g/mol. The molecule has 1 aromatic carbocycles. The van der Waals surface area contributed by atoms with E-state index in [-0.39, 0.29) is 0 Å². The zero-order valence-electron chi connectivity index (χ0n) is 9.86. The van der Waals surface area contributed by atoms with Crippen molar-refractivity contribution in [3.05, 3.63) is 34.9 Å². The Kier molecular flexibility index (Phi) is 4.08. The van der Waals surface area contributed by atoms with Gasteiger partial charge in [0.05, 0.1) is 0 Å². The lowest BCUT2D eigenvalue weighted by atomic mass is 10.0. The third-order valence-corrected chi connectivity index (χ3v) is 3.79. The fraction of sp³-hybridized carbons (Fsp3) is 0.308. The number of carbonyl (C=O) groups excluding carboxylic acids is 1. The summed E-state index contributed by atoms with van der Waals surface area (Å²) in [6.45, 7) is 3.81. The van der Waals surface area contributed by atoms with Gasteiger partial charge in [0.2, 0.25) is 0 Å². The molecule has 0 unspecified atom stereocenters. The Morgan fingerprint density at radius 2 is 1.94 bits per heavy atom. The van der Waals surface area contributed by atoms with Crippen molar-refractivity contribution in [3.8, 4) is 12.3 Å². The number of hydrogen-bond acceptors (Lipinski definition) is 3. The van der Waals surface area contributed by atoms with Crippen LogP contribution in [0.5, 0.6) is 0 Å². The molecule has 0 atom stereocenters. The highest BCUT2D eigenvalue weighted by Crippen LogP contribution is 2.11. The van der Waals surface area contributed by atoms with E-state index in [2.05, 4.69) is 0 Å². The quantitative estimate of drug-likeness (QED) is 0.601. The molecule has 0 saturated carbocycles. The van der Waals surface area contributed by atoms with Crippen molar-refractivity contribution in [1.82, 2.24) is 0 Å². The second-order valence-corrected chi connectivity index (χ2v) is 6.02. The Labute approximate surface area is 102 Å². The van der Waals surface area contributed by atoms with Crippen molar-refractivity contribution in [2.45, 2.75) is 13.8 Å². The molecule has 1 rings (SSSR count). The van der Waals surface area contributed by atoms with Gasteiger partial charge in [0.1, 0.15) is 11.5 Å². The largest absolute Gasteiger partial charge is 0.293 e. The number of benzene rings is 1. The van der Waals surface area contributed by atoms with Gasteiger partial charge in [-0.1, -0.05) is 18.1 Å². The van der Waals surface area contributed by atoms with E-state index >= 15 is 0 Å². The zero-order valence-corrected chi connectivity index (χ0v) is 10.7.